The van der Waals surface area contributed by atoms with Gasteiger partial charge in [0, 0.05) is 33.4 Å². The maximum Gasteiger partial charge on any atom is 0.164 e. The molecule has 7 aromatic carbocycles. The van der Waals surface area contributed by atoms with Gasteiger partial charge in [-0.05, 0) is 39.9 Å². The predicted octanol–water partition coefficient (Wildman–Crippen LogP) is 10.9. The number of hydrogen-bond acceptors (Lipinski definition) is 5. The van der Waals surface area contributed by atoms with Gasteiger partial charge in [0.25, 0.3) is 0 Å². The van der Waals surface area contributed by atoms with Crippen molar-refractivity contribution in [1.29, 1.82) is 5.26 Å². The summed E-state index contributed by atoms with van der Waals surface area (Å²) < 4.78 is 6.94. The fourth-order valence-corrected chi connectivity index (χ4v) is 8.03. The van der Waals surface area contributed by atoms with Crippen LogP contribution in [-0.4, -0.2) is 15.0 Å². The lowest BCUT2D eigenvalue weighted by Crippen LogP contribution is -2.32. The van der Waals surface area contributed by atoms with Gasteiger partial charge in [-0.25, -0.2) is 15.0 Å². The fourth-order valence-electron chi connectivity index (χ4n) is 8.03. The summed E-state index contributed by atoms with van der Waals surface area (Å²) in [5.41, 5.74) is 11.1. The molecule has 8 aromatic rings. The first-order chi connectivity index (χ1) is 25.7. The highest BCUT2D eigenvalue weighted by Crippen LogP contribution is 2.63. The molecule has 5 heteroatoms. The molecular weight excluding hydrogens is 637 g/mol. The predicted molar refractivity (Wildman–Crippen MR) is 204 cm³/mol. The lowest BCUT2D eigenvalue weighted by Gasteiger charge is -2.40. The first-order valence-corrected chi connectivity index (χ1v) is 17.3. The molecule has 0 amide bonds. The summed E-state index contributed by atoms with van der Waals surface area (Å²) in [4.78, 5) is 14.9. The van der Waals surface area contributed by atoms with Gasteiger partial charge in [0.15, 0.2) is 17.5 Å². The molecule has 0 radical (unpaired) electrons. The Morgan fingerprint density at radius 2 is 0.846 bits per heavy atom. The lowest BCUT2D eigenvalue weighted by atomic mass is 9.65. The van der Waals surface area contributed by atoms with E-state index in [4.69, 9.17) is 19.7 Å². The van der Waals surface area contributed by atoms with Crippen LogP contribution in [-0.2, 0) is 5.41 Å². The zero-order chi connectivity index (χ0) is 34.6. The molecule has 2 aliphatic rings. The Morgan fingerprint density at radius 3 is 1.46 bits per heavy atom. The number of nitrogens with zero attached hydrogens (tertiary/aromatic N) is 4. The second-order valence-electron chi connectivity index (χ2n) is 13.0. The summed E-state index contributed by atoms with van der Waals surface area (Å²) in [5, 5.41) is 10.4. The van der Waals surface area contributed by atoms with Gasteiger partial charge in [-0.15, -0.1) is 0 Å². The van der Waals surface area contributed by atoms with E-state index in [1.54, 1.807) is 0 Å². The van der Waals surface area contributed by atoms with Crippen molar-refractivity contribution in [2.75, 3.05) is 0 Å². The van der Waals surface area contributed by atoms with E-state index in [0.717, 1.165) is 44.7 Å². The van der Waals surface area contributed by atoms with Crippen LogP contribution in [0.4, 0.5) is 0 Å². The van der Waals surface area contributed by atoms with Gasteiger partial charge in [0.1, 0.15) is 17.6 Å². The Morgan fingerprint density at radius 1 is 0.404 bits per heavy atom. The van der Waals surface area contributed by atoms with E-state index in [-0.39, 0.29) is 0 Å². The number of rotatable bonds is 4. The van der Waals surface area contributed by atoms with E-state index in [9.17, 15) is 5.26 Å². The van der Waals surface area contributed by atoms with Crippen LogP contribution in [0.25, 0.3) is 56.4 Å². The molecule has 1 aromatic heterocycles. The first kappa shape index (κ1) is 29.7. The molecule has 10 rings (SSSR count). The van der Waals surface area contributed by atoms with Crippen LogP contribution in [0.3, 0.4) is 0 Å². The van der Waals surface area contributed by atoms with Crippen LogP contribution in [0.2, 0.25) is 0 Å². The van der Waals surface area contributed by atoms with Gasteiger partial charge < -0.3 is 4.74 Å². The van der Waals surface area contributed by atoms with Crippen LogP contribution in [0, 0.1) is 11.3 Å². The number of para-hydroxylation sites is 2. The van der Waals surface area contributed by atoms with Crippen molar-refractivity contribution in [3.63, 3.8) is 0 Å². The van der Waals surface area contributed by atoms with Crippen molar-refractivity contribution >= 4 is 0 Å². The quantitative estimate of drug-likeness (QED) is 0.187. The maximum atomic E-state index is 10.4. The molecule has 2 heterocycles. The standard InChI is InChI=1S/C47H28N4O/c48-29-34-20-12-26-40-42(34)52-43-35(23-13-27-41(43)47(40)38-24-9-7-21-36(38)37-22-8-10-25-39(37)47)32-18-11-19-33(28-32)46-50-44(30-14-3-1-4-15-30)49-45(51-46)31-16-5-2-6-17-31/h1-28H. The Hall–Kier alpha value is -7.16. The molecule has 5 nitrogen and oxygen atoms in total. The molecule has 0 saturated heterocycles. The van der Waals surface area contributed by atoms with Crippen LogP contribution in [0.1, 0.15) is 27.8 Å². The SMILES string of the molecule is N#Cc1cccc2c1Oc1c(-c3cccc(-c4nc(-c5ccccc5)nc(-c5ccccc5)n4)c3)cccc1C21c2ccccc2-c2ccccc21. The summed E-state index contributed by atoms with van der Waals surface area (Å²) in [5.74, 6) is 3.11. The van der Waals surface area contributed by atoms with E-state index in [1.807, 2.05) is 84.9 Å². The summed E-state index contributed by atoms with van der Waals surface area (Å²) in [6.45, 7) is 0. The molecular formula is C47H28N4O. The normalized spacial score (nSPS) is 12.9. The Bertz CT molecular complexity index is 2630. The second kappa shape index (κ2) is 11.7. The van der Waals surface area contributed by atoms with Crippen LogP contribution in [0.15, 0.2) is 170 Å². The average molecular weight is 665 g/mol. The first-order valence-electron chi connectivity index (χ1n) is 17.3. The summed E-state index contributed by atoms with van der Waals surface area (Å²) in [6.07, 6.45) is 0. The van der Waals surface area contributed by atoms with Gasteiger partial charge in [-0.2, -0.15) is 5.26 Å². The van der Waals surface area contributed by atoms with Crippen molar-refractivity contribution in [3.8, 4) is 74.0 Å². The van der Waals surface area contributed by atoms with E-state index >= 15 is 0 Å². The second-order valence-corrected chi connectivity index (χ2v) is 13.0. The van der Waals surface area contributed by atoms with Crippen molar-refractivity contribution in [2.24, 2.45) is 0 Å². The van der Waals surface area contributed by atoms with Crippen molar-refractivity contribution in [3.05, 3.63) is 198 Å². The minimum atomic E-state index is -0.681. The Labute approximate surface area is 301 Å². The molecule has 1 aliphatic heterocycles. The molecule has 0 N–H and O–H groups in total. The number of nitriles is 1. The average Bonchev–Trinajstić information content (AvgIpc) is 3.52. The minimum Gasteiger partial charge on any atom is -0.455 e. The Kier molecular flexibility index (Phi) is 6.70. The zero-order valence-electron chi connectivity index (χ0n) is 27.9. The van der Waals surface area contributed by atoms with E-state index < -0.39 is 5.41 Å². The molecule has 0 saturated carbocycles. The molecule has 0 bridgehead atoms. The number of hydrogen-bond donors (Lipinski definition) is 0. The highest BCUT2D eigenvalue weighted by atomic mass is 16.5. The largest absolute Gasteiger partial charge is 0.455 e. The third-order valence-corrected chi connectivity index (χ3v) is 10.2. The fraction of sp³-hybridized carbons (Fsp3) is 0.0213. The van der Waals surface area contributed by atoms with Gasteiger partial charge >= 0.3 is 0 Å². The number of ether oxygens (including phenoxy) is 1. The molecule has 52 heavy (non-hydrogen) atoms. The monoisotopic (exact) mass is 664 g/mol. The summed E-state index contributed by atoms with van der Waals surface area (Å²) in [6, 6.07) is 60.2. The topological polar surface area (TPSA) is 71.7 Å². The molecule has 0 fully saturated rings. The van der Waals surface area contributed by atoms with Crippen LogP contribution in [0.5, 0.6) is 11.5 Å². The minimum absolute atomic E-state index is 0.500. The van der Waals surface area contributed by atoms with E-state index in [0.29, 0.717) is 28.8 Å². The molecule has 1 spiro atoms. The smallest absolute Gasteiger partial charge is 0.164 e. The number of aromatic nitrogens is 3. The lowest BCUT2D eigenvalue weighted by molar-refractivity contribution is 0.436. The van der Waals surface area contributed by atoms with Gasteiger partial charge in [0.05, 0.1) is 11.0 Å². The number of benzene rings is 7. The zero-order valence-corrected chi connectivity index (χ0v) is 27.9. The van der Waals surface area contributed by atoms with Crippen LogP contribution < -0.4 is 4.74 Å². The van der Waals surface area contributed by atoms with E-state index in [1.165, 1.54) is 22.3 Å². The van der Waals surface area contributed by atoms with Gasteiger partial charge in [-0.1, -0.05) is 158 Å². The van der Waals surface area contributed by atoms with Crippen molar-refractivity contribution in [2.45, 2.75) is 5.41 Å². The highest BCUT2D eigenvalue weighted by molar-refractivity contribution is 5.91. The third-order valence-electron chi connectivity index (χ3n) is 10.2. The summed E-state index contributed by atoms with van der Waals surface area (Å²) in [7, 11) is 0. The highest BCUT2D eigenvalue weighted by Gasteiger charge is 2.51. The molecule has 0 atom stereocenters. The number of fused-ring (bicyclic) bond motifs is 9. The van der Waals surface area contributed by atoms with Gasteiger partial charge in [0.2, 0.25) is 0 Å². The van der Waals surface area contributed by atoms with E-state index in [2.05, 4.69) is 91.0 Å². The maximum absolute atomic E-state index is 10.4. The van der Waals surface area contributed by atoms with Crippen LogP contribution >= 0.6 is 0 Å². The van der Waals surface area contributed by atoms with Gasteiger partial charge in [-0.3, -0.25) is 0 Å². The Balaban J connectivity index is 1.20. The third kappa shape index (κ3) is 4.38. The van der Waals surface area contributed by atoms with Crippen molar-refractivity contribution in [1.82, 2.24) is 15.0 Å². The molecule has 1 aliphatic carbocycles. The summed E-state index contributed by atoms with van der Waals surface area (Å²) >= 11 is 0. The van der Waals surface area contributed by atoms with Crippen molar-refractivity contribution < 1.29 is 4.74 Å². The molecule has 242 valence electrons. The molecule has 0 unspecified atom stereocenters.